The van der Waals surface area contributed by atoms with E-state index in [2.05, 4.69) is 17.2 Å². The molecule has 0 saturated carbocycles. The van der Waals surface area contributed by atoms with E-state index in [-0.39, 0.29) is 17.2 Å². The average molecular weight is 337 g/mol. The van der Waals surface area contributed by atoms with E-state index >= 15 is 0 Å². The van der Waals surface area contributed by atoms with Crippen LogP contribution in [0, 0.1) is 12.8 Å². The number of carbonyl (C=O) groups is 1. The lowest BCUT2D eigenvalue weighted by Gasteiger charge is -2.15. The Labute approximate surface area is 137 Å². The molecule has 7 heteroatoms. The fraction of sp³-hybridized carbons (Fsp3) is 0.533. The largest absolute Gasteiger partial charge is 0.307 e. The molecular formula is C15H19N3O2S2. The maximum Gasteiger partial charge on any atom is 0.307 e. The highest BCUT2D eigenvalue weighted by molar-refractivity contribution is 7.15. The van der Waals surface area contributed by atoms with Gasteiger partial charge in [-0.15, -0.1) is 11.3 Å². The third-order valence-electron chi connectivity index (χ3n) is 3.97. The first kappa shape index (κ1) is 15.4. The number of thiazole rings is 2. The topological polar surface area (TPSA) is 64.0 Å². The highest BCUT2D eigenvalue weighted by atomic mass is 32.1. The normalized spacial score (nSPS) is 17.3. The summed E-state index contributed by atoms with van der Waals surface area (Å²) in [6.07, 6.45) is 3.53. The molecule has 1 amide bonds. The molecule has 1 N–H and O–H groups in total. The molecule has 22 heavy (non-hydrogen) atoms. The Bertz CT molecular complexity index is 744. The highest BCUT2D eigenvalue weighted by Crippen LogP contribution is 2.32. The van der Waals surface area contributed by atoms with Crippen molar-refractivity contribution in [1.82, 2.24) is 9.55 Å². The summed E-state index contributed by atoms with van der Waals surface area (Å²) >= 11 is 2.76. The Kier molecular flexibility index (Phi) is 4.44. The van der Waals surface area contributed by atoms with E-state index in [0.29, 0.717) is 17.6 Å². The van der Waals surface area contributed by atoms with E-state index in [1.807, 2.05) is 12.3 Å². The molecule has 2 heterocycles. The highest BCUT2D eigenvalue weighted by Gasteiger charge is 2.20. The number of hydrogen-bond donors (Lipinski definition) is 1. The SMILES string of the molecule is Cc1csc(=O)n1CCC(=O)Nc1nc2c(s1)C[C@H](C)CC2. The van der Waals surface area contributed by atoms with Gasteiger partial charge in [0.05, 0.1) is 5.69 Å². The van der Waals surface area contributed by atoms with Crippen LogP contribution in [0.2, 0.25) is 0 Å². The Morgan fingerprint density at radius 3 is 3.09 bits per heavy atom. The van der Waals surface area contributed by atoms with E-state index in [9.17, 15) is 9.59 Å². The van der Waals surface area contributed by atoms with Gasteiger partial charge in [-0.2, -0.15) is 0 Å². The van der Waals surface area contributed by atoms with E-state index in [1.165, 1.54) is 22.6 Å². The number of aromatic nitrogens is 2. The van der Waals surface area contributed by atoms with Crippen LogP contribution in [-0.4, -0.2) is 15.5 Å². The van der Waals surface area contributed by atoms with Crippen molar-refractivity contribution in [3.8, 4) is 0 Å². The smallest absolute Gasteiger partial charge is 0.303 e. The van der Waals surface area contributed by atoms with Crippen molar-refractivity contribution in [2.24, 2.45) is 5.92 Å². The van der Waals surface area contributed by atoms with Gasteiger partial charge in [-0.3, -0.25) is 9.59 Å². The fourth-order valence-corrected chi connectivity index (χ4v) is 4.61. The summed E-state index contributed by atoms with van der Waals surface area (Å²) in [7, 11) is 0. The Morgan fingerprint density at radius 1 is 1.55 bits per heavy atom. The number of nitrogens with one attached hydrogen (secondary N) is 1. The van der Waals surface area contributed by atoms with Gasteiger partial charge in [0.25, 0.3) is 0 Å². The van der Waals surface area contributed by atoms with E-state index in [1.54, 1.807) is 15.9 Å². The zero-order valence-electron chi connectivity index (χ0n) is 12.7. The first-order valence-corrected chi connectivity index (χ1v) is 9.16. The van der Waals surface area contributed by atoms with Crippen LogP contribution < -0.4 is 10.2 Å². The third-order valence-corrected chi connectivity index (χ3v) is 5.89. The molecule has 0 fully saturated rings. The lowest BCUT2D eigenvalue weighted by atomic mass is 9.93. The van der Waals surface area contributed by atoms with Crippen molar-refractivity contribution >= 4 is 33.7 Å². The molecule has 0 bridgehead atoms. The summed E-state index contributed by atoms with van der Waals surface area (Å²) < 4.78 is 1.64. The van der Waals surface area contributed by atoms with Gasteiger partial charge in [0.2, 0.25) is 5.91 Å². The number of amides is 1. The summed E-state index contributed by atoms with van der Waals surface area (Å²) in [6, 6.07) is 0. The molecule has 0 spiro atoms. The number of anilines is 1. The minimum absolute atomic E-state index is 0.0102. The van der Waals surface area contributed by atoms with Gasteiger partial charge in [-0.25, -0.2) is 4.98 Å². The monoisotopic (exact) mass is 337 g/mol. The summed E-state index contributed by atoms with van der Waals surface area (Å²) in [5.41, 5.74) is 2.05. The van der Waals surface area contributed by atoms with Crippen LogP contribution in [0.1, 0.15) is 36.0 Å². The molecule has 0 saturated heterocycles. The maximum atomic E-state index is 12.1. The van der Waals surface area contributed by atoms with E-state index in [4.69, 9.17) is 0 Å². The lowest BCUT2D eigenvalue weighted by Crippen LogP contribution is -2.20. The number of nitrogens with zero attached hydrogens (tertiary/aromatic N) is 2. The molecule has 1 aliphatic rings. The minimum atomic E-state index is -0.0864. The second kappa shape index (κ2) is 6.34. The molecular weight excluding hydrogens is 318 g/mol. The molecule has 118 valence electrons. The molecule has 0 unspecified atom stereocenters. The molecule has 1 aliphatic carbocycles. The first-order chi connectivity index (χ1) is 10.5. The van der Waals surface area contributed by atoms with Gasteiger partial charge >= 0.3 is 4.87 Å². The minimum Gasteiger partial charge on any atom is -0.303 e. The van der Waals surface area contributed by atoms with Crippen LogP contribution in [0.4, 0.5) is 5.13 Å². The summed E-state index contributed by atoms with van der Waals surface area (Å²) in [6.45, 7) is 4.55. The van der Waals surface area contributed by atoms with Crippen LogP contribution in [-0.2, 0) is 24.2 Å². The predicted octanol–water partition coefficient (Wildman–Crippen LogP) is 2.83. The standard InChI is InChI=1S/C15H19N3O2S2/c1-9-3-4-11-12(7-9)22-14(16-11)17-13(19)5-6-18-10(2)8-21-15(18)20/h8-9H,3-7H2,1-2H3,(H,16,17,19)/t9-/m1/s1. The number of carbonyl (C=O) groups excluding carboxylic acids is 1. The molecule has 0 radical (unpaired) electrons. The Hall–Kier alpha value is -1.47. The number of hydrogen-bond acceptors (Lipinski definition) is 5. The third kappa shape index (κ3) is 3.30. The first-order valence-electron chi connectivity index (χ1n) is 7.46. The second-order valence-electron chi connectivity index (χ2n) is 5.83. The van der Waals surface area contributed by atoms with Crippen LogP contribution in [0.5, 0.6) is 0 Å². The number of rotatable bonds is 4. The molecule has 3 rings (SSSR count). The second-order valence-corrected chi connectivity index (χ2v) is 7.73. The van der Waals surface area contributed by atoms with Crippen molar-refractivity contribution < 1.29 is 4.79 Å². The van der Waals surface area contributed by atoms with Crippen LogP contribution in [0.25, 0.3) is 0 Å². The van der Waals surface area contributed by atoms with E-state index < -0.39 is 0 Å². The zero-order chi connectivity index (χ0) is 15.7. The predicted molar refractivity (Wildman–Crippen MR) is 89.9 cm³/mol. The van der Waals surface area contributed by atoms with Crippen LogP contribution >= 0.6 is 22.7 Å². The number of fused-ring (bicyclic) bond motifs is 1. The molecule has 1 atom stereocenters. The van der Waals surface area contributed by atoms with Crippen LogP contribution in [0.15, 0.2) is 10.2 Å². The molecule has 0 aliphatic heterocycles. The van der Waals surface area contributed by atoms with Gasteiger partial charge in [0.1, 0.15) is 0 Å². The summed E-state index contributed by atoms with van der Waals surface area (Å²) in [5.74, 6) is 0.613. The average Bonchev–Trinajstić information content (AvgIpc) is 3.00. The molecule has 5 nitrogen and oxygen atoms in total. The lowest BCUT2D eigenvalue weighted by molar-refractivity contribution is -0.116. The Morgan fingerprint density at radius 2 is 2.36 bits per heavy atom. The quantitative estimate of drug-likeness (QED) is 0.933. The molecule has 2 aromatic rings. The van der Waals surface area contributed by atoms with Crippen LogP contribution in [0.3, 0.4) is 0 Å². The Balaban J connectivity index is 1.59. The molecule has 0 aromatic carbocycles. The van der Waals surface area contributed by atoms with Crippen molar-refractivity contribution in [3.05, 3.63) is 31.3 Å². The van der Waals surface area contributed by atoms with Gasteiger partial charge in [-0.1, -0.05) is 18.3 Å². The van der Waals surface area contributed by atoms with Gasteiger partial charge in [0, 0.05) is 28.9 Å². The summed E-state index contributed by atoms with van der Waals surface area (Å²) in [5, 5.41) is 5.38. The van der Waals surface area contributed by atoms with Crippen molar-refractivity contribution in [2.75, 3.05) is 5.32 Å². The van der Waals surface area contributed by atoms with Gasteiger partial charge in [0.15, 0.2) is 5.13 Å². The maximum absolute atomic E-state index is 12.1. The fourth-order valence-electron chi connectivity index (χ4n) is 2.66. The van der Waals surface area contributed by atoms with Gasteiger partial charge < -0.3 is 9.88 Å². The van der Waals surface area contributed by atoms with Crippen molar-refractivity contribution in [2.45, 2.75) is 46.1 Å². The number of aryl methyl sites for hydroxylation is 2. The zero-order valence-corrected chi connectivity index (χ0v) is 14.4. The van der Waals surface area contributed by atoms with Gasteiger partial charge in [-0.05, 0) is 32.1 Å². The van der Waals surface area contributed by atoms with Crippen molar-refractivity contribution in [1.29, 1.82) is 0 Å². The summed E-state index contributed by atoms with van der Waals surface area (Å²) in [4.78, 5) is 29.5. The molecule has 2 aromatic heterocycles. The van der Waals surface area contributed by atoms with Crippen molar-refractivity contribution in [3.63, 3.8) is 0 Å². The van der Waals surface area contributed by atoms with E-state index in [0.717, 1.165) is 24.2 Å².